The average Bonchev–Trinajstić information content (AvgIpc) is 2.23. The van der Waals surface area contributed by atoms with E-state index in [1.807, 2.05) is 61.5 Å². The first kappa shape index (κ1) is 11.3. The first-order chi connectivity index (χ1) is 6.86. The molecule has 0 fully saturated rings. The van der Waals surface area contributed by atoms with Gasteiger partial charge in [0.05, 0.1) is 0 Å². The minimum Gasteiger partial charge on any atom is -0.457 e. The van der Waals surface area contributed by atoms with Gasteiger partial charge in [-0.3, -0.25) is 0 Å². The highest BCUT2D eigenvalue weighted by Gasteiger charge is 1.98. The van der Waals surface area contributed by atoms with E-state index in [9.17, 15) is 0 Å². The van der Waals surface area contributed by atoms with Crippen molar-refractivity contribution >= 4 is 0 Å². The van der Waals surface area contributed by atoms with E-state index >= 15 is 0 Å². The highest BCUT2D eigenvalue weighted by molar-refractivity contribution is 5.36. The third-order valence-corrected chi connectivity index (χ3v) is 2.06. The fourth-order valence-electron chi connectivity index (χ4n) is 1.29. The Hall–Kier alpha value is -1.80. The van der Waals surface area contributed by atoms with E-state index in [0.29, 0.717) is 0 Å². The predicted octanol–water partition coefficient (Wildman–Crippen LogP) is 3.95. The molecule has 0 spiro atoms. The minimum absolute atomic E-state index is 0. The fraction of sp³-hybridized carbons (Fsp3) is 0.0769. The Kier molecular flexibility index (Phi) is 3.89. The smallest absolute Gasteiger partial charge is 0.130 e. The molecule has 2 aromatic rings. The van der Waals surface area contributed by atoms with Crippen LogP contribution in [0.1, 0.15) is 5.56 Å². The summed E-state index contributed by atoms with van der Waals surface area (Å²) in [6, 6.07) is 17.8. The van der Waals surface area contributed by atoms with Crippen LogP contribution in [0, 0.1) is 6.92 Å². The van der Waals surface area contributed by atoms with Crippen LogP contribution in [0.2, 0.25) is 0 Å². The van der Waals surface area contributed by atoms with Crippen molar-refractivity contribution in [1.29, 1.82) is 0 Å². The lowest BCUT2D eigenvalue weighted by molar-refractivity contribution is 0.479. The van der Waals surface area contributed by atoms with Crippen molar-refractivity contribution in [2.24, 2.45) is 0 Å². The lowest BCUT2D eigenvalue weighted by Crippen LogP contribution is -1.85. The lowest BCUT2D eigenvalue weighted by atomic mass is 10.2. The van der Waals surface area contributed by atoms with Crippen molar-refractivity contribution in [3.63, 3.8) is 0 Å². The summed E-state index contributed by atoms with van der Waals surface area (Å²) in [5, 5.41) is 0. The molecule has 0 saturated carbocycles. The Bertz CT molecular complexity index is 412. The van der Waals surface area contributed by atoms with E-state index in [4.69, 9.17) is 4.74 Å². The predicted molar refractivity (Wildman–Crippen MR) is 62.7 cm³/mol. The molecule has 0 aliphatic rings. The van der Waals surface area contributed by atoms with Gasteiger partial charge in [-0.15, -0.1) is 0 Å². The molecule has 0 aliphatic heterocycles. The van der Waals surface area contributed by atoms with E-state index in [1.54, 1.807) is 0 Å². The molecule has 0 aliphatic carbocycles. The van der Waals surface area contributed by atoms with E-state index in [-0.39, 0.29) is 6.15 Å². The topological polar surface area (TPSA) is 44.2 Å². The second-order valence-electron chi connectivity index (χ2n) is 3.18. The summed E-state index contributed by atoms with van der Waals surface area (Å²) in [7, 11) is 0. The van der Waals surface area contributed by atoms with Gasteiger partial charge in [0.15, 0.2) is 0 Å². The van der Waals surface area contributed by atoms with Crippen molar-refractivity contribution in [2.45, 2.75) is 6.92 Å². The fourth-order valence-corrected chi connectivity index (χ4v) is 1.29. The van der Waals surface area contributed by atoms with Gasteiger partial charge in [0.2, 0.25) is 0 Å². The highest BCUT2D eigenvalue weighted by Crippen LogP contribution is 2.23. The first-order valence-corrected chi connectivity index (χ1v) is 4.65. The van der Waals surface area contributed by atoms with Crippen LogP contribution in [0.5, 0.6) is 11.5 Å². The molecule has 0 radical (unpaired) electrons. The maximum absolute atomic E-state index is 5.71. The molecule has 15 heavy (non-hydrogen) atoms. The maximum atomic E-state index is 5.71. The monoisotopic (exact) mass is 201 g/mol. The Morgan fingerprint density at radius 2 is 1.40 bits per heavy atom. The van der Waals surface area contributed by atoms with Crippen molar-refractivity contribution in [1.82, 2.24) is 6.15 Å². The van der Waals surface area contributed by atoms with Crippen LogP contribution in [0.3, 0.4) is 0 Å². The van der Waals surface area contributed by atoms with Gasteiger partial charge in [0.1, 0.15) is 11.5 Å². The van der Waals surface area contributed by atoms with Gasteiger partial charge >= 0.3 is 0 Å². The van der Waals surface area contributed by atoms with Gasteiger partial charge in [-0.1, -0.05) is 36.4 Å². The van der Waals surface area contributed by atoms with Gasteiger partial charge in [0.25, 0.3) is 0 Å². The molecule has 78 valence electrons. The van der Waals surface area contributed by atoms with Crippen LogP contribution in [0.25, 0.3) is 0 Å². The summed E-state index contributed by atoms with van der Waals surface area (Å²) in [5.74, 6) is 1.79. The first-order valence-electron chi connectivity index (χ1n) is 4.65. The van der Waals surface area contributed by atoms with Crippen LogP contribution in [-0.4, -0.2) is 0 Å². The van der Waals surface area contributed by atoms with Crippen molar-refractivity contribution in [3.8, 4) is 11.5 Å². The number of rotatable bonds is 2. The van der Waals surface area contributed by atoms with Crippen LogP contribution >= 0.6 is 0 Å². The number of aryl methyl sites for hydroxylation is 1. The summed E-state index contributed by atoms with van der Waals surface area (Å²) in [6.45, 7) is 2.04. The van der Waals surface area contributed by atoms with Gasteiger partial charge in [-0.2, -0.15) is 0 Å². The van der Waals surface area contributed by atoms with Crippen molar-refractivity contribution in [3.05, 3.63) is 60.2 Å². The van der Waals surface area contributed by atoms with Crippen LogP contribution < -0.4 is 10.9 Å². The number of hydrogen-bond donors (Lipinski definition) is 1. The number of ether oxygens (including phenoxy) is 1. The second kappa shape index (κ2) is 5.17. The van der Waals surface area contributed by atoms with Crippen LogP contribution in [0.4, 0.5) is 0 Å². The molecule has 0 aromatic heterocycles. The van der Waals surface area contributed by atoms with Gasteiger partial charge < -0.3 is 10.9 Å². The maximum Gasteiger partial charge on any atom is 0.130 e. The van der Waals surface area contributed by atoms with E-state index < -0.39 is 0 Å². The standard InChI is InChI=1S/C13H12O.H3N/c1-11-7-5-6-10-13(11)14-12-8-3-2-4-9-12;/h2-10H,1H3;1H3. The van der Waals surface area contributed by atoms with Crippen molar-refractivity contribution in [2.75, 3.05) is 0 Å². The average molecular weight is 201 g/mol. The molecular formula is C13H15NO. The molecule has 2 heteroatoms. The third-order valence-electron chi connectivity index (χ3n) is 2.06. The molecular weight excluding hydrogens is 186 g/mol. The van der Waals surface area contributed by atoms with E-state index in [0.717, 1.165) is 17.1 Å². The Balaban J connectivity index is 0.00000112. The van der Waals surface area contributed by atoms with Gasteiger partial charge in [0, 0.05) is 0 Å². The van der Waals surface area contributed by atoms with Gasteiger partial charge in [-0.05, 0) is 30.7 Å². The Morgan fingerprint density at radius 1 is 0.800 bits per heavy atom. The van der Waals surface area contributed by atoms with Crippen molar-refractivity contribution < 1.29 is 4.74 Å². The van der Waals surface area contributed by atoms with Gasteiger partial charge in [-0.25, -0.2) is 0 Å². The summed E-state index contributed by atoms with van der Waals surface area (Å²) in [6.07, 6.45) is 0. The molecule has 0 bridgehead atoms. The zero-order valence-electron chi connectivity index (χ0n) is 8.81. The summed E-state index contributed by atoms with van der Waals surface area (Å²) < 4.78 is 5.71. The SMILES string of the molecule is Cc1ccccc1Oc1ccccc1.N. The zero-order valence-corrected chi connectivity index (χ0v) is 8.81. The zero-order chi connectivity index (χ0) is 9.80. The third kappa shape index (κ3) is 2.82. The lowest BCUT2D eigenvalue weighted by Gasteiger charge is -2.07. The molecule has 2 nitrogen and oxygen atoms in total. The summed E-state index contributed by atoms with van der Waals surface area (Å²) in [5.41, 5.74) is 1.15. The number of benzene rings is 2. The van der Waals surface area contributed by atoms with Crippen LogP contribution in [-0.2, 0) is 0 Å². The quantitative estimate of drug-likeness (QED) is 0.799. The molecule has 2 rings (SSSR count). The summed E-state index contributed by atoms with van der Waals surface area (Å²) >= 11 is 0. The number of hydrogen-bond acceptors (Lipinski definition) is 2. The molecule has 0 unspecified atom stereocenters. The largest absolute Gasteiger partial charge is 0.457 e. The minimum atomic E-state index is 0. The van der Waals surface area contributed by atoms with Crippen LogP contribution in [0.15, 0.2) is 54.6 Å². The molecule has 2 aromatic carbocycles. The second-order valence-corrected chi connectivity index (χ2v) is 3.18. The van der Waals surface area contributed by atoms with E-state index in [2.05, 4.69) is 0 Å². The Labute approximate surface area is 90.1 Å². The summed E-state index contributed by atoms with van der Waals surface area (Å²) in [4.78, 5) is 0. The molecule has 0 heterocycles. The Morgan fingerprint density at radius 3 is 2.07 bits per heavy atom. The normalized spacial score (nSPS) is 9.13. The van der Waals surface area contributed by atoms with E-state index in [1.165, 1.54) is 0 Å². The number of para-hydroxylation sites is 2. The highest BCUT2D eigenvalue weighted by atomic mass is 16.5. The molecule has 0 atom stereocenters. The molecule has 0 amide bonds. The molecule has 0 saturated heterocycles. The molecule has 3 N–H and O–H groups in total.